The van der Waals surface area contributed by atoms with Gasteiger partial charge in [-0.3, -0.25) is 0 Å². The van der Waals surface area contributed by atoms with Crippen LogP contribution in [0.4, 0.5) is 0 Å². The van der Waals surface area contributed by atoms with Crippen LogP contribution in [-0.4, -0.2) is 6.61 Å². The molecule has 2 aromatic carbocycles. The van der Waals surface area contributed by atoms with Gasteiger partial charge in [0, 0.05) is 11.1 Å². The largest absolute Gasteiger partial charge is 0.494 e. The van der Waals surface area contributed by atoms with Gasteiger partial charge in [-0.2, -0.15) is 0 Å². The minimum atomic E-state index is 0.761. The first-order valence-electron chi connectivity index (χ1n) is 11.6. The molecule has 1 aliphatic rings. The van der Waals surface area contributed by atoms with E-state index >= 15 is 0 Å². The van der Waals surface area contributed by atoms with Gasteiger partial charge in [0.15, 0.2) is 0 Å². The highest BCUT2D eigenvalue weighted by Crippen LogP contribution is 2.33. The predicted molar refractivity (Wildman–Crippen MR) is 123 cm³/mol. The van der Waals surface area contributed by atoms with Crippen LogP contribution in [0, 0.1) is 23.7 Å². The second-order valence-corrected chi connectivity index (χ2v) is 8.53. The first-order chi connectivity index (χ1) is 14.3. The van der Waals surface area contributed by atoms with E-state index in [2.05, 4.69) is 50.0 Å². The number of benzene rings is 2. The van der Waals surface area contributed by atoms with Gasteiger partial charge >= 0.3 is 0 Å². The molecular formula is C28H36O. The van der Waals surface area contributed by atoms with Crippen LogP contribution in [0.15, 0.2) is 48.5 Å². The van der Waals surface area contributed by atoms with Gasteiger partial charge in [0.1, 0.15) is 5.75 Å². The Labute approximate surface area is 177 Å². The molecule has 0 bridgehead atoms. The van der Waals surface area contributed by atoms with Crippen LogP contribution < -0.4 is 4.74 Å². The third-order valence-corrected chi connectivity index (χ3v) is 6.14. The van der Waals surface area contributed by atoms with E-state index in [-0.39, 0.29) is 0 Å². The van der Waals surface area contributed by atoms with Crippen LogP contribution in [0.1, 0.15) is 81.9 Å². The monoisotopic (exact) mass is 388 g/mol. The Morgan fingerprint density at radius 1 is 0.724 bits per heavy atom. The molecule has 1 heteroatoms. The number of hydrogen-bond acceptors (Lipinski definition) is 1. The van der Waals surface area contributed by atoms with Crippen molar-refractivity contribution in [3.63, 3.8) is 0 Å². The average Bonchev–Trinajstić information content (AvgIpc) is 2.77. The molecule has 0 heterocycles. The molecule has 3 rings (SSSR count). The van der Waals surface area contributed by atoms with Crippen LogP contribution >= 0.6 is 0 Å². The smallest absolute Gasteiger partial charge is 0.119 e. The van der Waals surface area contributed by atoms with Crippen LogP contribution in [0.25, 0.3) is 0 Å². The Bertz CT molecular complexity index is 768. The minimum Gasteiger partial charge on any atom is -0.494 e. The van der Waals surface area contributed by atoms with Crippen molar-refractivity contribution < 1.29 is 4.74 Å². The first kappa shape index (κ1) is 21.5. The molecule has 0 aromatic heterocycles. The molecular weight excluding hydrogens is 352 g/mol. The second-order valence-electron chi connectivity index (χ2n) is 8.53. The summed E-state index contributed by atoms with van der Waals surface area (Å²) in [5.74, 6) is 9.40. The zero-order valence-corrected chi connectivity index (χ0v) is 18.3. The van der Waals surface area contributed by atoms with Crippen molar-refractivity contribution in [1.29, 1.82) is 0 Å². The molecule has 0 spiro atoms. The molecule has 29 heavy (non-hydrogen) atoms. The lowest BCUT2D eigenvalue weighted by molar-refractivity contribution is 0.252. The van der Waals surface area contributed by atoms with Gasteiger partial charge in [0.25, 0.3) is 0 Å². The quantitative estimate of drug-likeness (QED) is 0.428. The number of rotatable bonds is 8. The topological polar surface area (TPSA) is 9.23 Å². The fourth-order valence-corrected chi connectivity index (χ4v) is 4.34. The molecule has 1 nitrogen and oxygen atoms in total. The van der Waals surface area contributed by atoms with Crippen molar-refractivity contribution in [2.75, 3.05) is 6.61 Å². The standard InChI is InChI=1S/C28H36O/c1-3-5-23-6-8-24(9-7-23)10-11-25-12-14-26(15-13-25)16-17-27-18-20-28(21-19-27)29-22-4-2/h12-15,18-21,23-24H,3-11,22H2,1-2H3. The first-order valence-corrected chi connectivity index (χ1v) is 11.6. The van der Waals surface area contributed by atoms with E-state index in [9.17, 15) is 0 Å². The zero-order valence-electron chi connectivity index (χ0n) is 18.3. The fraction of sp³-hybridized carbons (Fsp3) is 0.500. The van der Waals surface area contributed by atoms with E-state index in [1.807, 2.05) is 24.3 Å². The summed E-state index contributed by atoms with van der Waals surface area (Å²) < 4.78 is 5.62. The molecule has 1 saturated carbocycles. The summed E-state index contributed by atoms with van der Waals surface area (Å²) in [5, 5.41) is 0. The van der Waals surface area contributed by atoms with Gasteiger partial charge in [-0.05, 0) is 73.1 Å². The molecule has 0 unspecified atom stereocenters. The molecule has 0 radical (unpaired) electrons. The maximum Gasteiger partial charge on any atom is 0.119 e. The van der Waals surface area contributed by atoms with E-state index in [1.165, 1.54) is 56.9 Å². The predicted octanol–water partition coefficient (Wildman–Crippen LogP) is 7.41. The summed E-state index contributed by atoms with van der Waals surface area (Å²) in [7, 11) is 0. The Balaban J connectivity index is 1.45. The third kappa shape index (κ3) is 7.28. The van der Waals surface area contributed by atoms with Crippen molar-refractivity contribution in [2.45, 2.75) is 71.6 Å². The summed E-state index contributed by atoms with van der Waals surface area (Å²) in [6.45, 7) is 5.19. The lowest BCUT2D eigenvalue weighted by Crippen LogP contribution is -2.15. The summed E-state index contributed by atoms with van der Waals surface area (Å²) >= 11 is 0. The zero-order chi connectivity index (χ0) is 20.3. The van der Waals surface area contributed by atoms with Crippen LogP contribution in [0.5, 0.6) is 5.75 Å². The van der Waals surface area contributed by atoms with Gasteiger partial charge in [-0.15, -0.1) is 0 Å². The summed E-state index contributed by atoms with van der Waals surface area (Å²) in [4.78, 5) is 0. The fourth-order valence-electron chi connectivity index (χ4n) is 4.34. The summed E-state index contributed by atoms with van der Waals surface area (Å²) in [6.07, 6.45) is 12.2. The van der Waals surface area contributed by atoms with Crippen molar-refractivity contribution in [2.24, 2.45) is 11.8 Å². The van der Waals surface area contributed by atoms with Crippen molar-refractivity contribution in [3.05, 3.63) is 65.2 Å². The Morgan fingerprint density at radius 2 is 1.28 bits per heavy atom. The van der Waals surface area contributed by atoms with Gasteiger partial charge in [0.05, 0.1) is 6.61 Å². The van der Waals surface area contributed by atoms with Crippen LogP contribution in [-0.2, 0) is 6.42 Å². The number of ether oxygens (including phenoxy) is 1. The van der Waals surface area contributed by atoms with E-state index in [0.717, 1.165) is 41.7 Å². The molecule has 0 atom stereocenters. The van der Waals surface area contributed by atoms with Crippen LogP contribution in [0.3, 0.4) is 0 Å². The Morgan fingerprint density at radius 3 is 1.83 bits per heavy atom. The van der Waals surface area contributed by atoms with Crippen molar-refractivity contribution in [3.8, 4) is 17.6 Å². The van der Waals surface area contributed by atoms with E-state index in [4.69, 9.17) is 4.74 Å². The van der Waals surface area contributed by atoms with E-state index < -0.39 is 0 Å². The lowest BCUT2D eigenvalue weighted by Gasteiger charge is -2.28. The average molecular weight is 389 g/mol. The second kappa shape index (κ2) is 11.7. The van der Waals surface area contributed by atoms with Crippen molar-refractivity contribution in [1.82, 2.24) is 0 Å². The van der Waals surface area contributed by atoms with Crippen LogP contribution in [0.2, 0.25) is 0 Å². The van der Waals surface area contributed by atoms with E-state index in [0.29, 0.717) is 0 Å². The minimum absolute atomic E-state index is 0.761. The normalized spacial score (nSPS) is 18.7. The number of aryl methyl sites for hydroxylation is 1. The highest BCUT2D eigenvalue weighted by molar-refractivity contribution is 5.44. The maximum absolute atomic E-state index is 5.62. The van der Waals surface area contributed by atoms with Gasteiger partial charge in [-0.25, -0.2) is 0 Å². The molecule has 0 amide bonds. The molecule has 0 N–H and O–H groups in total. The molecule has 0 aliphatic heterocycles. The van der Waals surface area contributed by atoms with Gasteiger partial charge in [-0.1, -0.05) is 76.3 Å². The molecule has 154 valence electrons. The van der Waals surface area contributed by atoms with Crippen molar-refractivity contribution >= 4 is 0 Å². The van der Waals surface area contributed by atoms with Gasteiger partial charge < -0.3 is 4.74 Å². The van der Waals surface area contributed by atoms with Gasteiger partial charge in [0.2, 0.25) is 0 Å². The SMILES string of the molecule is CCCOc1ccc(C#Cc2ccc(CCC3CCC(CCC)CC3)cc2)cc1. The summed E-state index contributed by atoms with van der Waals surface area (Å²) in [6, 6.07) is 16.9. The molecule has 1 fully saturated rings. The molecule has 2 aromatic rings. The molecule has 1 aliphatic carbocycles. The number of hydrogen-bond donors (Lipinski definition) is 0. The third-order valence-electron chi connectivity index (χ3n) is 6.14. The highest BCUT2D eigenvalue weighted by atomic mass is 16.5. The molecule has 0 saturated heterocycles. The Kier molecular flexibility index (Phi) is 8.69. The summed E-state index contributed by atoms with van der Waals surface area (Å²) in [5.41, 5.74) is 3.56. The Hall–Kier alpha value is -2.20. The van der Waals surface area contributed by atoms with E-state index in [1.54, 1.807) is 0 Å². The lowest BCUT2D eigenvalue weighted by atomic mass is 9.78. The highest BCUT2D eigenvalue weighted by Gasteiger charge is 2.20. The maximum atomic E-state index is 5.62.